The van der Waals surface area contributed by atoms with Crippen LogP contribution in [-0.2, 0) is 16.0 Å². The van der Waals surface area contributed by atoms with Crippen molar-refractivity contribution in [2.45, 2.75) is 12.8 Å². The van der Waals surface area contributed by atoms with E-state index in [2.05, 4.69) is 5.32 Å². The fourth-order valence-corrected chi connectivity index (χ4v) is 2.20. The Morgan fingerprint density at radius 3 is 2.89 bits per heavy atom. The molecule has 4 nitrogen and oxygen atoms in total. The molecule has 0 radical (unpaired) electrons. The molecule has 1 aromatic rings. The largest absolute Gasteiger partial charge is 0.347 e. The molecule has 0 bridgehead atoms. The molecule has 0 aliphatic carbocycles. The van der Waals surface area contributed by atoms with Gasteiger partial charge in [0.15, 0.2) is 0 Å². The van der Waals surface area contributed by atoms with Gasteiger partial charge >= 0.3 is 11.8 Å². The highest BCUT2D eigenvalue weighted by Gasteiger charge is 2.26. The number of amides is 2. The fraction of sp³-hybridized carbons (Fsp3) is 0.385. The summed E-state index contributed by atoms with van der Waals surface area (Å²) in [4.78, 5) is 25.2. The van der Waals surface area contributed by atoms with Crippen molar-refractivity contribution in [2.75, 3.05) is 23.9 Å². The number of hydrogen-bond acceptors (Lipinski definition) is 2. The van der Waals surface area contributed by atoms with Crippen molar-refractivity contribution in [1.82, 2.24) is 5.32 Å². The van der Waals surface area contributed by atoms with Crippen LogP contribution in [0, 0.1) is 0 Å². The second kappa shape index (κ2) is 5.87. The Morgan fingerprint density at radius 1 is 1.33 bits per heavy atom. The highest BCUT2D eigenvalue weighted by atomic mass is 35.5. The van der Waals surface area contributed by atoms with Crippen LogP contribution in [0.4, 0.5) is 5.69 Å². The topological polar surface area (TPSA) is 49.4 Å². The molecule has 0 fully saturated rings. The highest BCUT2D eigenvalue weighted by Crippen LogP contribution is 2.26. The van der Waals surface area contributed by atoms with Gasteiger partial charge < -0.3 is 10.2 Å². The van der Waals surface area contributed by atoms with E-state index >= 15 is 0 Å². The number of benzene rings is 1. The van der Waals surface area contributed by atoms with Crippen LogP contribution in [0.5, 0.6) is 0 Å². The van der Waals surface area contributed by atoms with Crippen LogP contribution < -0.4 is 10.2 Å². The summed E-state index contributed by atoms with van der Waals surface area (Å²) in [5.41, 5.74) is 1.96. The first kappa shape index (κ1) is 12.9. The molecule has 2 rings (SSSR count). The smallest absolute Gasteiger partial charge is 0.316 e. The molecule has 0 atom stereocenters. The van der Waals surface area contributed by atoms with E-state index in [0.717, 1.165) is 24.1 Å². The van der Waals surface area contributed by atoms with Gasteiger partial charge in [-0.1, -0.05) is 18.2 Å². The van der Waals surface area contributed by atoms with Gasteiger partial charge in [0.1, 0.15) is 0 Å². The van der Waals surface area contributed by atoms with Gasteiger partial charge in [0, 0.05) is 24.7 Å². The van der Waals surface area contributed by atoms with Gasteiger partial charge in [-0.2, -0.15) is 0 Å². The van der Waals surface area contributed by atoms with Crippen LogP contribution in [0.1, 0.15) is 12.0 Å². The zero-order valence-corrected chi connectivity index (χ0v) is 10.7. The molecule has 0 spiro atoms. The predicted molar refractivity (Wildman–Crippen MR) is 70.8 cm³/mol. The number of nitrogens with one attached hydrogen (secondary N) is 1. The Morgan fingerprint density at radius 2 is 2.11 bits per heavy atom. The zero-order chi connectivity index (χ0) is 13.0. The molecule has 1 aromatic carbocycles. The molecule has 96 valence electrons. The highest BCUT2D eigenvalue weighted by molar-refractivity contribution is 6.40. The molecule has 0 unspecified atom stereocenters. The number of alkyl halides is 1. The number of anilines is 1. The van der Waals surface area contributed by atoms with E-state index in [4.69, 9.17) is 11.6 Å². The second-order valence-electron chi connectivity index (χ2n) is 4.13. The van der Waals surface area contributed by atoms with Crippen molar-refractivity contribution in [3.63, 3.8) is 0 Å². The van der Waals surface area contributed by atoms with E-state index in [-0.39, 0.29) is 0 Å². The number of carbonyl (C=O) groups is 2. The fourth-order valence-electron chi connectivity index (χ4n) is 2.10. The lowest BCUT2D eigenvalue weighted by Crippen LogP contribution is -2.45. The van der Waals surface area contributed by atoms with E-state index in [0.29, 0.717) is 19.0 Å². The van der Waals surface area contributed by atoms with Gasteiger partial charge in [0.25, 0.3) is 0 Å². The van der Waals surface area contributed by atoms with Crippen LogP contribution in [0.15, 0.2) is 24.3 Å². The lowest BCUT2D eigenvalue weighted by molar-refractivity contribution is -0.137. The first-order valence-electron chi connectivity index (χ1n) is 5.97. The average Bonchev–Trinajstić information content (AvgIpc) is 2.43. The summed E-state index contributed by atoms with van der Waals surface area (Å²) in [7, 11) is 0. The molecule has 5 heteroatoms. The number of aryl methyl sites for hydroxylation is 1. The Labute approximate surface area is 111 Å². The average molecular weight is 267 g/mol. The number of carbonyl (C=O) groups excluding carboxylic acids is 2. The molecular weight excluding hydrogens is 252 g/mol. The van der Waals surface area contributed by atoms with Crippen LogP contribution >= 0.6 is 11.6 Å². The van der Waals surface area contributed by atoms with Gasteiger partial charge in [-0.15, -0.1) is 11.6 Å². The SMILES string of the molecule is O=C(NCCCl)C(=O)N1CCCc2ccccc21. The van der Waals surface area contributed by atoms with Crippen molar-refractivity contribution < 1.29 is 9.59 Å². The molecular formula is C13H15ClN2O2. The number of halogens is 1. The van der Waals surface area contributed by atoms with Gasteiger partial charge in [0.05, 0.1) is 0 Å². The third-order valence-electron chi connectivity index (χ3n) is 2.93. The quantitative estimate of drug-likeness (QED) is 0.648. The Hall–Kier alpha value is -1.55. The van der Waals surface area contributed by atoms with Crippen LogP contribution in [0.2, 0.25) is 0 Å². The molecule has 2 amide bonds. The minimum atomic E-state index is -0.590. The summed E-state index contributed by atoms with van der Waals surface area (Å²) in [5.74, 6) is -0.796. The van der Waals surface area contributed by atoms with E-state index in [1.807, 2.05) is 24.3 Å². The standard InChI is InChI=1S/C13H15ClN2O2/c14-7-8-15-12(17)13(18)16-9-3-5-10-4-1-2-6-11(10)16/h1-2,4,6H,3,5,7-9H2,(H,15,17). The molecule has 0 saturated carbocycles. The third kappa shape index (κ3) is 2.64. The zero-order valence-electron chi connectivity index (χ0n) is 9.99. The summed E-state index contributed by atoms with van der Waals surface area (Å²) in [5, 5.41) is 2.50. The maximum Gasteiger partial charge on any atom is 0.316 e. The number of nitrogens with zero attached hydrogens (tertiary/aromatic N) is 1. The number of para-hydroxylation sites is 1. The molecule has 18 heavy (non-hydrogen) atoms. The summed E-state index contributed by atoms with van der Waals surface area (Å²) < 4.78 is 0. The number of hydrogen-bond donors (Lipinski definition) is 1. The molecule has 1 N–H and O–H groups in total. The van der Waals surface area contributed by atoms with Crippen LogP contribution in [0.3, 0.4) is 0 Å². The van der Waals surface area contributed by atoms with Gasteiger partial charge in [-0.05, 0) is 24.5 Å². The summed E-state index contributed by atoms with van der Waals surface area (Å²) in [6.45, 7) is 0.895. The minimum absolute atomic E-state index is 0.301. The van der Waals surface area contributed by atoms with Gasteiger partial charge in [-0.25, -0.2) is 0 Å². The first-order valence-corrected chi connectivity index (χ1v) is 6.51. The Kier molecular flexibility index (Phi) is 4.20. The molecule has 1 aliphatic rings. The second-order valence-corrected chi connectivity index (χ2v) is 4.51. The van der Waals surface area contributed by atoms with Gasteiger partial charge in [-0.3, -0.25) is 9.59 Å². The maximum atomic E-state index is 12.0. The van der Waals surface area contributed by atoms with Crippen LogP contribution in [0.25, 0.3) is 0 Å². The lowest BCUT2D eigenvalue weighted by Gasteiger charge is -2.28. The number of rotatable bonds is 2. The van der Waals surface area contributed by atoms with E-state index in [9.17, 15) is 9.59 Å². The van der Waals surface area contributed by atoms with E-state index < -0.39 is 11.8 Å². The van der Waals surface area contributed by atoms with Crippen molar-refractivity contribution in [3.05, 3.63) is 29.8 Å². The molecule has 1 heterocycles. The summed E-state index contributed by atoms with van der Waals surface area (Å²) in [6, 6.07) is 7.69. The first-order chi connectivity index (χ1) is 8.74. The maximum absolute atomic E-state index is 12.0. The predicted octanol–water partition coefficient (Wildman–Crippen LogP) is 1.32. The van der Waals surface area contributed by atoms with E-state index in [1.165, 1.54) is 0 Å². The monoisotopic (exact) mass is 266 g/mol. The van der Waals surface area contributed by atoms with Crippen molar-refractivity contribution in [2.24, 2.45) is 0 Å². The molecule has 1 aliphatic heterocycles. The van der Waals surface area contributed by atoms with Crippen molar-refractivity contribution in [1.29, 1.82) is 0 Å². The normalized spacial score (nSPS) is 13.9. The van der Waals surface area contributed by atoms with Gasteiger partial charge in [0.2, 0.25) is 0 Å². The summed E-state index contributed by atoms with van der Waals surface area (Å²) >= 11 is 5.48. The van der Waals surface area contributed by atoms with Crippen LogP contribution in [-0.4, -0.2) is 30.8 Å². The Balaban J connectivity index is 2.15. The molecule has 0 saturated heterocycles. The Bertz CT molecular complexity index is 462. The lowest BCUT2D eigenvalue weighted by atomic mass is 10.0. The van der Waals surface area contributed by atoms with Crippen molar-refractivity contribution >= 4 is 29.1 Å². The minimum Gasteiger partial charge on any atom is -0.347 e. The number of fused-ring (bicyclic) bond motifs is 1. The third-order valence-corrected chi connectivity index (χ3v) is 3.12. The van der Waals surface area contributed by atoms with E-state index in [1.54, 1.807) is 4.90 Å². The summed E-state index contributed by atoms with van der Waals surface area (Å²) in [6.07, 6.45) is 1.83. The molecule has 0 aromatic heterocycles. The van der Waals surface area contributed by atoms with Crippen molar-refractivity contribution in [3.8, 4) is 0 Å².